The van der Waals surface area contributed by atoms with Gasteiger partial charge in [0.2, 0.25) is 0 Å². The van der Waals surface area contributed by atoms with Crippen LogP contribution in [0.1, 0.15) is 27.6 Å². The van der Waals surface area contributed by atoms with Crippen LogP contribution in [0.4, 0.5) is 5.69 Å². The first-order chi connectivity index (χ1) is 12.0. The van der Waals surface area contributed by atoms with Crippen LogP contribution < -0.4 is 9.64 Å². The van der Waals surface area contributed by atoms with Gasteiger partial charge in [0, 0.05) is 26.2 Å². The molecule has 25 heavy (non-hydrogen) atoms. The zero-order chi connectivity index (χ0) is 18.0. The molecule has 2 heterocycles. The Balaban J connectivity index is 1.73. The van der Waals surface area contributed by atoms with Gasteiger partial charge >= 0.3 is 0 Å². The van der Waals surface area contributed by atoms with Crippen molar-refractivity contribution in [2.24, 2.45) is 0 Å². The number of anilines is 1. The number of benzene rings is 1. The molecule has 0 spiro atoms. The Morgan fingerprint density at radius 3 is 2.20 bits per heavy atom. The Hall–Kier alpha value is -2.63. The number of rotatable bonds is 3. The summed E-state index contributed by atoms with van der Waals surface area (Å²) in [7, 11) is 1.68. The number of nitrogens with zero attached hydrogens (tertiary/aromatic N) is 4. The van der Waals surface area contributed by atoms with Crippen LogP contribution in [0.2, 0.25) is 0 Å². The lowest BCUT2D eigenvalue weighted by atomic mass is 10.1. The lowest BCUT2D eigenvalue weighted by molar-refractivity contribution is 0.0744. The van der Waals surface area contributed by atoms with Crippen LogP contribution in [0.25, 0.3) is 0 Å². The standard InChI is InChI=1S/C19H24N4O2/c1-13-18(14(2)21-15(3)20-13)19(24)23-11-9-22(10-12-23)16-7-5-6-8-17(16)25-4/h5-8H,9-12H2,1-4H3. The minimum atomic E-state index is 0.0228. The fourth-order valence-corrected chi connectivity index (χ4v) is 3.39. The third-order valence-corrected chi connectivity index (χ3v) is 4.59. The number of amides is 1. The summed E-state index contributed by atoms with van der Waals surface area (Å²) in [4.78, 5) is 25.8. The van der Waals surface area contributed by atoms with E-state index in [-0.39, 0.29) is 5.91 Å². The first kappa shape index (κ1) is 17.2. The van der Waals surface area contributed by atoms with Crippen molar-refractivity contribution in [3.05, 3.63) is 47.0 Å². The number of carbonyl (C=O) groups is 1. The summed E-state index contributed by atoms with van der Waals surface area (Å²) in [6.07, 6.45) is 0. The number of hydrogen-bond acceptors (Lipinski definition) is 5. The summed E-state index contributed by atoms with van der Waals surface area (Å²) in [5.41, 5.74) is 3.21. The maximum absolute atomic E-state index is 12.9. The normalized spacial score (nSPS) is 14.6. The molecule has 6 nitrogen and oxygen atoms in total. The molecule has 0 aliphatic carbocycles. The van der Waals surface area contributed by atoms with Crippen LogP contribution in [-0.4, -0.2) is 54.1 Å². The van der Waals surface area contributed by atoms with Crippen molar-refractivity contribution in [2.75, 3.05) is 38.2 Å². The highest BCUT2D eigenvalue weighted by atomic mass is 16.5. The second-order valence-corrected chi connectivity index (χ2v) is 6.27. The summed E-state index contributed by atoms with van der Waals surface area (Å²) >= 11 is 0. The maximum atomic E-state index is 12.9. The van der Waals surface area contributed by atoms with Crippen molar-refractivity contribution in [3.63, 3.8) is 0 Å². The van der Waals surface area contributed by atoms with Gasteiger partial charge in [-0.1, -0.05) is 12.1 Å². The van der Waals surface area contributed by atoms with Crippen molar-refractivity contribution in [2.45, 2.75) is 20.8 Å². The summed E-state index contributed by atoms with van der Waals surface area (Å²) < 4.78 is 5.45. The molecule has 0 N–H and O–H groups in total. The second-order valence-electron chi connectivity index (χ2n) is 6.27. The minimum Gasteiger partial charge on any atom is -0.495 e. The van der Waals surface area contributed by atoms with Gasteiger partial charge in [-0.3, -0.25) is 4.79 Å². The maximum Gasteiger partial charge on any atom is 0.257 e. The van der Waals surface area contributed by atoms with Crippen LogP contribution in [0, 0.1) is 20.8 Å². The number of aromatic nitrogens is 2. The van der Waals surface area contributed by atoms with E-state index < -0.39 is 0 Å². The lowest BCUT2D eigenvalue weighted by Crippen LogP contribution is -2.49. The van der Waals surface area contributed by atoms with E-state index in [1.165, 1.54) is 0 Å². The van der Waals surface area contributed by atoms with Crippen LogP contribution in [0.5, 0.6) is 5.75 Å². The van der Waals surface area contributed by atoms with E-state index in [9.17, 15) is 4.79 Å². The molecule has 0 unspecified atom stereocenters. The minimum absolute atomic E-state index is 0.0228. The number of methoxy groups -OCH3 is 1. The molecule has 1 aliphatic rings. The Morgan fingerprint density at radius 1 is 1.00 bits per heavy atom. The van der Waals surface area contributed by atoms with Crippen molar-refractivity contribution in [1.29, 1.82) is 0 Å². The Kier molecular flexibility index (Phi) is 4.88. The van der Waals surface area contributed by atoms with Gasteiger partial charge in [0.1, 0.15) is 11.6 Å². The van der Waals surface area contributed by atoms with Crippen molar-refractivity contribution < 1.29 is 9.53 Å². The molecule has 3 rings (SSSR count). The molecule has 1 aromatic carbocycles. The number of carbonyl (C=O) groups excluding carboxylic acids is 1. The number of piperazine rings is 1. The Bertz CT molecular complexity index is 760. The van der Waals surface area contributed by atoms with Gasteiger partial charge in [-0.15, -0.1) is 0 Å². The third-order valence-electron chi connectivity index (χ3n) is 4.59. The molecule has 0 atom stereocenters. The quantitative estimate of drug-likeness (QED) is 0.858. The predicted octanol–water partition coefficient (Wildman–Crippen LogP) is 2.37. The molecule has 1 aromatic heterocycles. The van der Waals surface area contributed by atoms with Gasteiger partial charge in [0.25, 0.3) is 5.91 Å². The molecule has 0 saturated carbocycles. The summed E-state index contributed by atoms with van der Waals surface area (Å²) in [6.45, 7) is 8.49. The monoisotopic (exact) mass is 340 g/mol. The molecule has 1 saturated heterocycles. The van der Waals surface area contributed by atoms with E-state index in [0.29, 0.717) is 24.5 Å². The fraction of sp³-hybridized carbons (Fsp3) is 0.421. The summed E-state index contributed by atoms with van der Waals surface area (Å²) in [5.74, 6) is 1.59. The van der Waals surface area contributed by atoms with Gasteiger partial charge in [-0.25, -0.2) is 9.97 Å². The molecule has 132 valence electrons. The Labute approximate surface area is 148 Å². The molecule has 6 heteroatoms. The third kappa shape index (κ3) is 3.43. The van der Waals surface area contributed by atoms with Crippen molar-refractivity contribution >= 4 is 11.6 Å². The first-order valence-electron chi connectivity index (χ1n) is 8.50. The largest absolute Gasteiger partial charge is 0.495 e. The van der Waals surface area contributed by atoms with E-state index in [4.69, 9.17) is 4.74 Å². The molecular formula is C19H24N4O2. The van der Waals surface area contributed by atoms with Crippen molar-refractivity contribution in [1.82, 2.24) is 14.9 Å². The molecule has 0 bridgehead atoms. The van der Waals surface area contributed by atoms with Crippen LogP contribution in [-0.2, 0) is 0 Å². The molecule has 1 fully saturated rings. The Morgan fingerprint density at radius 2 is 1.60 bits per heavy atom. The van der Waals surface area contributed by atoms with Gasteiger partial charge in [0.15, 0.2) is 0 Å². The van der Waals surface area contributed by atoms with E-state index in [0.717, 1.165) is 35.9 Å². The second kappa shape index (κ2) is 7.09. The molecule has 0 radical (unpaired) electrons. The highest BCUT2D eigenvalue weighted by Crippen LogP contribution is 2.28. The number of aryl methyl sites for hydroxylation is 3. The van der Waals surface area contributed by atoms with E-state index >= 15 is 0 Å². The average molecular weight is 340 g/mol. The first-order valence-corrected chi connectivity index (χ1v) is 8.50. The predicted molar refractivity (Wildman–Crippen MR) is 97.4 cm³/mol. The van der Waals surface area contributed by atoms with Gasteiger partial charge in [0.05, 0.1) is 29.7 Å². The number of hydrogen-bond donors (Lipinski definition) is 0. The zero-order valence-corrected chi connectivity index (χ0v) is 15.2. The summed E-state index contributed by atoms with van der Waals surface area (Å²) in [5, 5.41) is 0. The van der Waals surface area contributed by atoms with E-state index in [1.807, 2.05) is 43.9 Å². The lowest BCUT2D eigenvalue weighted by Gasteiger charge is -2.36. The zero-order valence-electron chi connectivity index (χ0n) is 15.2. The topological polar surface area (TPSA) is 58.6 Å². The molecule has 1 aliphatic heterocycles. The number of ether oxygens (including phenoxy) is 1. The van der Waals surface area contributed by atoms with Crippen LogP contribution >= 0.6 is 0 Å². The van der Waals surface area contributed by atoms with Crippen LogP contribution in [0.15, 0.2) is 24.3 Å². The number of para-hydroxylation sites is 2. The molecule has 1 amide bonds. The average Bonchev–Trinajstić information content (AvgIpc) is 2.61. The van der Waals surface area contributed by atoms with Gasteiger partial charge in [-0.05, 0) is 32.9 Å². The van der Waals surface area contributed by atoms with E-state index in [2.05, 4.69) is 20.9 Å². The summed E-state index contributed by atoms with van der Waals surface area (Å²) in [6, 6.07) is 7.98. The fourth-order valence-electron chi connectivity index (χ4n) is 3.39. The van der Waals surface area contributed by atoms with Crippen LogP contribution in [0.3, 0.4) is 0 Å². The van der Waals surface area contributed by atoms with Gasteiger partial charge in [-0.2, -0.15) is 0 Å². The van der Waals surface area contributed by atoms with E-state index in [1.54, 1.807) is 7.11 Å². The SMILES string of the molecule is COc1ccccc1N1CCN(C(=O)c2c(C)nc(C)nc2C)CC1. The molecular weight excluding hydrogens is 316 g/mol. The van der Waals surface area contributed by atoms with Crippen molar-refractivity contribution in [3.8, 4) is 5.75 Å². The highest BCUT2D eigenvalue weighted by molar-refractivity contribution is 5.96. The molecule has 2 aromatic rings. The van der Waals surface area contributed by atoms with Gasteiger partial charge < -0.3 is 14.5 Å². The smallest absolute Gasteiger partial charge is 0.257 e. The highest BCUT2D eigenvalue weighted by Gasteiger charge is 2.26.